The molecule has 1 unspecified atom stereocenters. The molecule has 0 bridgehead atoms. The van der Waals surface area contributed by atoms with Crippen LogP contribution in [-0.4, -0.2) is 16.3 Å². The third-order valence-electron chi connectivity index (χ3n) is 3.19. The topological polar surface area (TPSA) is 25.2 Å². The van der Waals surface area contributed by atoms with Crippen molar-refractivity contribution in [1.29, 1.82) is 0 Å². The molecule has 1 atom stereocenters. The minimum absolute atomic E-state index is 0.135. The van der Waals surface area contributed by atoms with E-state index >= 15 is 0 Å². The van der Waals surface area contributed by atoms with E-state index in [4.69, 9.17) is 11.6 Å². The maximum absolute atomic E-state index is 9.32. The molecule has 0 amide bonds. The second-order valence-electron chi connectivity index (χ2n) is 4.83. The maximum Gasteiger partial charge on any atom is 0.0497 e. The number of fused-ring (bicyclic) bond motifs is 1. The summed E-state index contributed by atoms with van der Waals surface area (Å²) < 4.78 is 2.23. The van der Waals surface area contributed by atoms with Gasteiger partial charge in [0.05, 0.1) is 0 Å². The lowest BCUT2D eigenvalue weighted by Crippen LogP contribution is -1.99. The Labute approximate surface area is 107 Å². The zero-order valence-corrected chi connectivity index (χ0v) is 11.2. The number of aliphatic hydroxyl groups is 1. The van der Waals surface area contributed by atoms with Gasteiger partial charge in [0.2, 0.25) is 0 Å². The Bertz CT molecular complexity index is 530. The maximum atomic E-state index is 9.32. The molecule has 0 aliphatic heterocycles. The Hall–Kier alpha value is -0.990. The molecule has 0 radical (unpaired) electrons. The van der Waals surface area contributed by atoms with Crippen molar-refractivity contribution in [3.8, 4) is 0 Å². The molecular weight excluding hydrogens is 234 g/mol. The lowest BCUT2D eigenvalue weighted by molar-refractivity contribution is 0.273. The predicted octanol–water partition coefficient (Wildman–Crippen LogP) is 3.97. The number of benzene rings is 1. The number of aromatic nitrogens is 1. The van der Waals surface area contributed by atoms with Crippen molar-refractivity contribution >= 4 is 22.5 Å². The van der Waals surface area contributed by atoms with Gasteiger partial charge in [0.1, 0.15) is 0 Å². The van der Waals surface area contributed by atoms with Gasteiger partial charge in [-0.2, -0.15) is 0 Å². The molecule has 1 N–H and O–H groups in total. The number of nitrogens with zero attached hydrogens (tertiary/aromatic N) is 1. The first-order valence-corrected chi connectivity index (χ1v) is 6.33. The third-order valence-corrected chi connectivity index (χ3v) is 3.42. The van der Waals surface area contributed by atoms with Crippen LogP contribution in [0.3, 0.4) is 0 Å². The molecule has 17 heavy (non-hydrogen) atoms. The van der Waals surface area contributed by atoms with Crippen molar-refractivity contribution in [2.24, 2.45) is 0 Å². The fourth-order valence-corrected chi connectivity index (χ4v) is 2.34. The van der Waals surface area contributed by atoms with Crippen molar-refractivity contribution in [2.75, 3.05) is 6.61 Å². The van der Waals surface area contributed by atoms with E-state index in [1.165, 1.54) is 11.1 Å². The highest BCUT2D eigenvalue weighted by atomic mass is 35.5. The zero-order valence-electron chi connectivity index (χ0n) is 10.4. The Morgan fingerprint density at radius 1 is 1.29 bits per heavy atom. The van der Waals surface area contributed by atoms with Crippen molar-refractivity contribution in [2.45, 2.75) is 32.7 Å². The van der Waals surface area contributed by atoms with E-state index in [1.807, 2.05) is 25.1 Å². The molecule has 0 aliphatic rings. The van der Waals surface area contributed by atoms with Gasteiger partial charge in [-0.3, -0.25) is 0 Å². The van der Waals surface area contributed by atoms with Gasteiger partial charge in [-0.15, -0.1) is 0 Å². The molecule has 0 aliphatic carbocycles. The molecule has 92 valence electrons. The van der Waals surface area contributed by atoms with Crippen LogP contribution in [0.25, 0.3) is 10.9 Å². The number of hydrogen-bond donors (Lipinski definition) is 1. The van der Waals surface area contributed by atoms with Crippen LogP contribution in [0.4, 0.5) is 0 Å². The summed E-state index contributed by atoms with van der Waals surface area (Å²) >= 11 is 6.06. The van der Waals surface area contributed by atoms with Gasteiger partial charge < -0.3 is 9.67 Å². The predicted molar refractivity (Wildman–Crippen MR) is 72.8 cm³/mol. The minimum Gasteiger partial charge on any atom is -0.396 e. The first-order chi connectivity index (χ1) is 8.04. The largest absolute Gasteiger partial charge is 0.396 e. The first-order valence-electron chi connectivity index (χ1n) is 5.95. The molecule has 1 aromatic carbocycles. The Morgan fingerprint density at radius 2 is 2.00 bits per heavy atom. The van der Waals surface area contributed by atoms with Crippen LogP contribution < -0.4 is 0 Å². The third kappa shape index (κ3) is 2.20. The Kier molecular flexibility index (Phi) is 3.45. The fraction of sp³-hybridized carbons (Fsp3) is 0.429. The number of aliphatic hydroxyl groups excluding tert-OH is 1. The van der Waals surface area contributed by atoms with E-state index in [1.54, 1.807) is 0 Å². The molecule has 1 aromatic heterocycles. The van der Waals surface area contributed by atoms with Crippen LogP contribution in [0.5, 0.6) is 0 Å². The molecule has 0 fully saturated rings. The quantitative estimate of drug-likeness (QED) is 0.877. The SMILES string of the molecule is CC(CO)c1cn(C(C)C)c2ccc(Cl)cc12. The van der Waals surface area contributed by atoms with Crippen LogP contribution in [0.2, 0.25) is 5.02 Å². The molecule has 2 aromatic rings. The molecule has 1 heterocycles. The summed E-state index contributed by atoms with van der Waals surface area (Å²) in [7, 11) is 0. The lowest BCUT2D eigenvalue weighted by atomic mass is 10.0. The average molecular weight is 252 g/mol. The van der Waals surface area contributed by atoms with E-state index < -0.39 is 0 Å². The van der Waals surface area contributed by atoms with E-state index in [0.717, 1.165) is 10.4 Å². The summed E-state index contributed by atoms with van der Waals surface area (Å²) in [5, 5.41) is 11.2. The number of rotatable bonds is 3. The van der Waals surface area contributed by atoms with Gasteiger partial charge in [0, 0.05) is 40.7 Å². The second kappa shape index (κ2) is 4.71. The molecule has 3 heteroatoms. The second-order valence-corrected chi connectivity index (χ2v) is 5.27. The first kappa shape index (κ1) is 12.5. The summed E-state index contributed by atoms with van der Waals surface area (Å²) in [6, 6.07) is 6.34. The smallest absolute Gasteiger partial charge is 0.0497 e. The summed E-state index contributed by atoms with van der Waals surface area (Å²) in [5.41, 5.74) is 2.35. The van der Waals surface area contributed by atoms with Crippen molar-refractivity contribution < 1.29 is 5.11 Å². The van der Waals surface area contributed by atoms with E-state index in [0.29, 0.717) is 6.04 Å². The lowest BCUT2D eigenvalue weighted by Gasteiger charge is -2.08. The van der Waals surface area contributed by atoms with Gasteiger partial charge in [-0.1, -0.05) is 18.5 Å². The molecule has 2 rings (SSSR count). The van der Waals surface area contributed by atoms with Crippen LogP contribution >= 0.6 is 11.6 Å². The summed E-state index contributed by atoms with van der Waals surface area (Å²) in [4.78, 5) is 0. The molecule has 2 nitrogen and oxygen atoms in total. The minimum atomic E-state index is 0.135. The van der Waals surface area contributed by atoms with Gasteiger partial charge in [-0.05, 0) is 37.6 Å². The molecule has 0 saturated carbocycles. The van der Waals surface area contributed by atoms with E-state index in [2.05, 4.69) is 24.6 Å². The summed E-state index contributed by atoms with van der Waals surface area (Å²) in [5.74, 6) is 0.135. The van der Waals surface area contributed by atoms with Crippen LogP contribution in [0, 0.1) is 0 Å². The van der Waals surface area contributed by atoms with Crippen molar-refractivity contribution in [3.63, 3.8) is 0 Å². The number of hydrogen-bond acceptors (Lipinski definition) is 1. The van der Waals surface area contributed by atoms with E-state index in [-0.39, 0.29) is 12.5 Å². The average Bonchev–Trinajstić information content (AvgIpc) is 2.66. The van der Waals surface area contributed by atoms with E-state index in [9.17, 15) is 5.11 Å². The highest BCUT2D eigenvalue weighted by Crippen LogP contribution is 2.31. The van der Waals surface area contributed by atoms with Crippen molar-refractivity contribution in [3.05, 3.63) is 35.0 Å². The molecule has 0 spiro atoms. The number of halogens is 1. The fourth-order valence-electron chi connectivity index (χ4n) is 2.17. The zero-order chi connectivity index (χ0) is 12.6. The summed E-state index contributed by atoms with van der Waals surface area (Å²) in [6.07, 6.45) is 2.13. The van der Waals surface area contributed by atoms with Gasteiger partial charge in [0.15, 0.2) is 0 Å². The Morgan fingerprint density at radius 3 is 2.59 bits per heavy atom. The van der Waals surface area contributed by atoms with Crippen LogP contribution in [0.1, 0.15) is 38.3 Å². The van der Waals surface area contributed by atoms with Crippen LogP contribution in [0.15, 0.2) is 24.4 Å². The monoisotopic (exact) mass is 251 g/mol. The van der Waals surface area contributed by atoms with Crippen LogP contribution in [-0.2, 0) is 0 Å². The normalized spacial score (nSPS) is 13.5. The molecule has 0 saturated heterocycles. The van der Waals surface area contributed by atoms with Gasteiger partial charge in [-0.25, -0.2) is 0 Å². The van der Waals surface area contributed by atoms with Crippen molar-refractivity contribution in [1.82, 2.24) is 4.57 Å². The highest BCUT2D eigenvalue weighted by Gasteiger charge is 2.15. The standard InChI is InChI=1S/C14H18ClNO/c1-9(2)16-7-13(10(3)8-17)12-6-11(15)4-5-14(12)16/h4-7,9-10,17H,8H2,1-3H3. The molecular formula is C14H18ClNO. The highest BCUT2D eigenvalue weighted by molar-refractivity contribution is 6.31. The Balaban J connectivity index is 2.71. The summed E-state index contributed by atoms with van der Waals surface area (Å²) in [6.45, 7) is 6.49. The van der Waals surface area contributed by atoms with Gasteiger partial charge in [0.25, 0.3) is 0 Å². The van der Waals surface area contributed by atoms with Gasteiger partial charge >= 0.3 is 0 Å².